The topological polar surface area (TPSA) is 75.3 Å². The van der Waals surface area contributed by atoms with Gasteiger partial charge in [-0.1, -0.05) is 32.0 Å². The Labute approximate surface area is 153 Å². The minimum Gasteiger partial charge on any atom is -0.324 e. The molecule has 0 unspecified atom stereocenters. The van der Waals surface area contributed by atoms with Crippen molar-refractivity contribution in [3.8, 4) is 0 Å². The number of nitrogens with one attached hydrogen (secondary N) is 2. The number of sulfonamides is 1. The molecule has 2 aromatic carbocycles. The summed E-state index contributed by atoms with van der Waals surface area (Å²) in [6.07, 6.45) is 1.50. The third-order valence-corrected chi connectivity index (χ3v) is 5.65. The van der Waals surface area contributed by atoms with Crippen molar-refractivity contribution in [1.82, 2.24) is 4.72 Å². The Morgan fingerprint density at radius 2 is 1.58 bits per heavy atom. The molecule has 0 heterocycles. The lowest BCUT2D eigenvalue weighted by atomic mass is 10.0. The normalized spacial score (nSPS) is 12.6. The average Bonchev–Trinajstić information content (AvgIpc) is 2.61. The van der Waals surface area contributed by atoms with Gasteiger partial charge in [0.15, 0.2) is 0 Å². The second kappa shape index (κ2) is 8.42. The molecule has 0 fully saturated rings. The van der Waals surface area contributed by atoms with Crippen LogP contribution in [-0.2, 0) is 27.7 Å². The van der Waals surface area contributed by atoms with Crippen molar-refractivity contribution in [2.75, 3.05) is 5.32 Å². The molecule has 1 atom stereocenters. The van der Waals surface area contributed by atoms with Crippen LogP contribution in [0.1, 0.15) is 31.9 Å². The van der Waals surface area contributed by atoms with Crippen LogP contribution in [-0.4, -0.2) is 20.4 Å². The second-order valence-electron chi connectivity index (χ2n) is 5.94. The molecule has 26 heavy (non-hydrogen) atoms. The highest BCUT2D eigenvalue weighted by Gasteiger charge is 2.23. The van der Waals surface area contributed by atoms with Crippen LogP contribution in [0.5, 0.6) is 0 Å². The Morgan fingerprint density at radius 1 is 1.04 bits per heavy atom. The number of hydrogen-bond donors (Lipinski definition) is 2. The highest BCUT2D eigenvalue weighted by molar-refractivity contribution is 7.89. The Balaban J connectivity index is 2.17. The van der Waals surface area contributed by atoms with Gasteiger partial charge in [0, 0.05) is 5.69 Å². The first-order valence-electron chi connectivity index (χ1n) is 8.48. The molecule has 0 aliphatic heterocycles. The molecule has 140 valence electrons. The highest BCUT2D eigenvalue weighted by Crippen LogP contribution is 2.23. The summed E-state index contributed by atoms with van der Waals surface area (Å²) in [5.74, 6) is -0.982. The quantitative estimate of drug-likeness (QED) is 0.777. The smallest absolute Gasteiger partial charge is 0.242 e. The number of carbonyl (C=O) groups excluding carboxylic acids is 1. The standard InChI is InChI=1S/C19H23FN2O3S/c1-4-14-7-6-8-15(5-2)18(14)21-19(23)13(3)22-26(24,25)17-11-9-16(20)10-12-17/h6-13,22H,4-5H2,1-3H3,(H,21,23)/t13-/m1/s1. The first kappa shape index (κ1) is 20.1. The SMILES string of the molecule is CCc1cccc(CC)c1NC(=O)[C@@H](C)NS(=O)(=O)c1ccc(F)cc1. The van der Waals surface area contributed by atoms with Crippen molar-refractivity contribution in [3.63, 3.8) is 0 Å². The van der Waals surface area contributed by atoms with Crippen molar-refractivity contribution in [2.24, 2.45) is 0 Å². The van der Waals surface area contributed by atoms with E-state index in [2.05, 4.69) is 10.0 Å². The van der Waals surface area contributed by atoms with E-state index in [0.29, 0.717) is 0 Å². The number of aryl methyl sites for hydroxylation is 2. The zero-order valence-corrected chi connectivity index (χ0v) is 15.9. The van der Waals surface area contributed by atoms with Gasteiger partial charge in [0.25, 0.3) is 0 Å². The Hall–Kier alpha value is -2.25. The molecular weight excluding hydrogens is 355 g/mol. The molecule has 7 heteroatoms. The summed E-state index contributed by atoms with van der Waals surface area (Å²) in [6, 6.07) is 9.25. The van der Waals surface area contributed by atoms with E-state index >= 15 is 0 Å². The molecule has 2 rings (SSSR count). The summed E-state index contributed by atoms with van der Waals surface area (Å²) >= 11 is 0. The van der Waals surface area contributed by atoms with Crippen LogP contribution in [0.2, 0.25) is 0 Å². The highest BCUT2D eigenvalue weighted by atomic mass is 32.2. The van der Waals surface area contributed by atoms with E-state index in [1.165, 1.54) is 6.92 Å². The van der Waals surface area contributed by atoms with Gasteiger partial charge in [-0.2, -0.15) is 4.72 Å². The van der Waals surface area contributed by atoms with Crippen LogP contribution < -0.4 is 10.0 Å². The van der Waals surface area contributed by atoms with Gasteiger partial charge in [0.1, 0.15) is 5.82 Å². The summed E-state index contributed by atoms with van der Waals surface area (Å²) in [7, 11) is -3.92. The largest absolute Gasteiger partial charge is 0.324 e. The van der Waals surface area contributed by atoms with Crippen molar-refractivity contribution < 1.29 is 17.6 Å². The maximum atomic E-state index is 13.0. The number of benzene rings is 2. The van der Waals surface area contributed by atoms with E-state index in [1.807, 2.05) is 32.0 Å². The van der Waals surface area contributed by atoms with E-state index in [-0.39, 0.29) is 4.90 Å². The van der Waals surface area contributed by atoms with Crippen LogP contribution in [0.4, 0.5) is 10.1 Å². The lowest BCUT2D eigenvalue weighted by Crippen LogP contribution is -2.41. The first-order chi connectivity index (χ1) is 12.3. The van der Waals surface area contributed by atoms with Crippen LogP contribution in [0.3, 0.4) is 0 Å². The number of rotatable bonds is 7. The minimum atomic E-state index is -3.92. The zero-order valence-electron chi connectivity index (χ0n) is 15.0. The fourth-order valence-corrected chi connectivity index (χ4v) is 3.81. The van der Waals surface area contributed by atoms with Crippen LogP contribution >= 0.6 is 0 Å². The van der Waals surface area contributed by atoms with Gasteiger partial charge in [-0.15, -0.1) is 0 Å². The number of amides is 1. The molecule has 1 amide bonds. The number of anilines is 1. The summed E-state index contributed by atoms with van der Waals surface area (Å²) in [4.78, 5) is 12.4. The lowest BCUT2D eigenvalue weighted by molar-refractivity contribution is -0.117. The van der Waals surface area contributed by atoms with Gasteiger partial charge in [0.05, 0.1) is 10.9 Å². The Morgan fingerprint density at radius 3 is 2.08 bits per heavy atom. The maximum Gasteiger partial charge on any atom is 0.242 e. The molecule has 0 aliphatic rings. The van der Waals surface area contributed by atoms with E-state index in [0.717, 1.165) is 53.9 Å². The van der Waals surface area contributed by atoms with E-state index < -0.39 is 27.8 Å². The summed E-state index contributed by atoms with van der Waals surface area (Å²) in [5.41, 5.74) is 2.72. The number of halogens is 1. The van der Waals surface area contributed by atoms with Crippen molar-refractivity contribution in [3.05, 3.63) is 59.4 Å². The predicted molar refractivity (Wildman–Crippen MR) is 100 cm³/mol. The second-order valence-corrected chi connectivity index (χ2v) is 7.66. The fraction of sp³-hybridized carbons (Fsp3) is 0.316. The van der Waals surface area contributed by atoms with Gasteiger partial charge in [-0.25, -0.2) is 12.8 Å². The average molecular weight is 378 g/mol. The lowest BCUT2D eigenvalue weighted by Gasteiger charge is -2.18. The molecule has 0 aliphatic carbocycles. The van der Waals surface area contributed by atoms with Crippen molar-refractivity contribution >= 4 is 21.6 Å². The molecule has 5 nitrogen and oxygen atoms in total. The Kier molecular flexibility index (Phi) is 6.50. The molecule has 0 bridgehead atoms. The number of carbonyl (C=O) groups is 1. The zero-order chi connectivity index (χ0) is 19.3. The maximum absolute atomic E-state index is 13.0. The third-order valence-electron chi connectivity index (χ3n) is 4.10. The summed E-state index contributed by atoms with van der Waals surface area (Å²) < 4.78 is 40.0. The van der Waals surface area contributed by atoms with E-state index in [4.69, 9.17) is 0 Å². The molecule has 0 saturated carbocycles. The molecule has 2 aromatic rings. The van der Waals surface area contributed by atoms with Gasteiger partial charge in [-0.05, 0) is 55.2 Å². The molecule has 0 spiro atoms. The molecule has 0 saturated heterocycles. The van der Waals surface area contributed by atoms with E-state index in [1.54, 1.807) is 0 Å². The predicted octanol–water partition coefficient (Wildman–Crippen LogP) is 3.26. The van der Waals surface area contributed by atoms with Crippen LogP contribution in [0.25, 0.3) is 0 Å². The fourth-order valence-electron chi connectivity index (χ4n) is 2.60. The third kappa shape index (κ3) is 4.68. The van der Waals surface area contributed by atoms with Gasteiger partial charge in [0.2, 0.25) is 15.9 Å². The van der Waals surface area contributed by atoms with Crippen LogP contribution in [0.15, 0.2) is 47.4 Å². The van der Waals surface area contributed by atoms with E-state index in [9.17, 15) is 17.6 Å². The van der Waals surface area contributed by atoms with Crippen molar-refractivity contribution in [1.29, 1.82) is 0 Å². The molecule has 2 N–H and O–H groups in total. The Bertz CT molecular complexity index is 858. The van der Waals surface area contributed by atoms with Gasteiger partial charge >= 0.3 is 0 Å². The summed E-state index contributed by atoms with van der Waals surface area (Å²) in [5, 5.41) is 2.84. The molecular formula is C19H23FN2O3S. The number of hydrogen-bond acceptors (Lipinski definition) is 3. The molecule has 0 radical (unpaired) electrons. The monoisotopic (exact) mass is 378 g/mol. The molecule has 0 aromatic heterocycles. The van der Waals surface area contributed by atoms with Gasteiger partial charge < -0.3 is 5.32 Å². The van der Waals surface area contributed by atoms with Crippen LogP contribution in [0, 0.1) is 5.82 Å². The number of para-hydroxylation sites is 1. The van der Waals surface area contributed by atoms with Gasteiger partial charge in [-0.3, -0.25) is 4.79 Å². The first-order valence-corrected chi connectivity index (χ1v) is 9.96. The van der Waals surface area contributed by atoms with Crippen molar-refractivity contribution in [2.45, 2.75) is 44.6 Å². The minimum absolute atomic E-state index is 0.0956. The summed E-state index contributed by atoms with van der Waals surface area (Å²) in [6.45, 7) is 5.45.